The summed E-state index contributed by atoms with van der Waals surface area (Å²) in [4.78, 5) is 0. The zero-order valence-corrected chi connectivity index (χ0v) is 8.91. The second-order valence-corrected chi connectivity index (χ2v) is 2.30. The first-order chi connectivity index (χ1) is 5.39. The summed E-state index contributed by atoms with van der Waals surface area (Å²) in [5.74, 6) is 0. The molecule has 1 aliphatic rings. The minimum atomic E-state index is 1.33. The van der Waals surface area contributed by atoms with Crippen molar-refractivity contribution in [3.8, 4) is 0 Å². The van der Waals surface area contributed by atoms with E-state index in [4.69, 9.17) is 0 Å². The summed E-state index contributed by atoms with van der Waals surface area (Å²) in [7, 11) is 0. The Kier molecular flexibility index (Phi) is 15.1. The van der Waals surface area contributed by atoms with Crippen LogP contribution in [0.1, 0.15) is 60.3 Å². The van der Waals surface area contributed by atoms with Gasteiger partial charge in [-0.1, -0.05) is 39.3 Å². The Morgan fingerprint density at radius 1 is 1.00 bits per heavy atom. The standard InChI is InChI=1S/C7H12.2C2H6/c1-7-5-3-2-4-6-7;2*1-2/h5H,2-4,6H2,1H3;2*1-2H3. The first-order valence-electron chi connectivity index (χ1n) is 5.05. The van der Waals surface area contributed by atoms with Gasteiger partial charge in [0.05, 0.1) is 0 Å². The quantitative estimate of drug-likeness (QED) is 0.451. The lowest BCUT2D eigenvalue weighted by molar-refractivity contribution is 0.702. The van der Waals surface area contributed by atoms with Crippen LogP contribution in [-0.2, 0) is 0 Å². The maximum absolute atomic E-state index is 2.35. The van der Waals surface area contributed by atoms with Gasteiger partial charge < -0.3 is 0 Å². The molecule has 0 unspecified atom stereocenters. The highest BCUT2D eigenvalue weighted by Gasteiger charge is 1.95. The van der Waals surface area contributed by atoms with Gasteiger partial charge in [-0.25, -0.2) is 0 Å². The highest BCUT2D eigenvalue weighted by molar-refractivity contribution is 5.00. The molecule has 0 saturated carbocycles. The molecule has 0 aromatic heterocycles. The van der Waals surface area contributed by atoms with Crippen molar-refractivity contribution in [1.82, 2.24) is 0 Å². The van der Waals surface area contributed by atoms with Gasteiger partial charge in [-0.2, -0.15) is 0 Å². The van der Waals surface area contributed by atoms with Crippen LogP contribution >= 0.6 is 0 Å². The molecule has 1 aliphatic carbocycles. The topological polar surface area (TPSA) is 0 Å². The van der Waals surface area contributed by atoms with Crippen LogP contribution in [0.4, 0.5) is 0 Å². The Bertz CT molecular complexity index is 80.0. The first-order valence-corrected chi connectivity index (χ1v) is 5.05. The Hall–Kier alpha value is -0.260. The molecule has 0 spiro atoms. The Morgan fingerprint density at radius 3 is 1.73 bits per heavy atom. The monoisotopic (exact) mass is 156 g/mol. The molecule has 68 valence electrons. The molecule has 0 bridgehead atoms. The van der Waals surface area contributed by atoms with Crippen LogP contribution in [0.5, 0.6) is 0 Å². The van der Waals surface area contributed by atoms with Crippen molar-refractivity contribution in [3.05, 3.63) is 11.6 Å². The first kappa shape index (κ1) is 13.3. The molecular weight excluding hydrogens is 132 g/mol. The van der Waals surface area contributed by atoms with E-state index < -0.39 is 0 Å². The number of rotatable bonds is 0. The predicted molar refractivity (Wildman–Crippen MR) is 54.9 cm³/mol. The summed E-state index contributed by atoms with van der Waals surface area (Å²) in [6, 6.07) is 0. The maximum atomic E-state index is 2.35. The van der Waals surface area contributed by atoms with Gasteiger partial charge in [-0.3, -0.25) is 0 Å². The van der Waals surface area contributed by atoms with Crippen LogP contribution in [0.15, 0.2) is 11.6 Å². The molecule has 0 aliphatic heterocycles. The van der Waals surface area contributed by atoms with E-state index in [-0.39, 0.29) is 0 Å². The minimum absolute atomic E-state index is 1.33. The summed E-state index contributed by atoms with van der Waals surface area (Å²) in [5, 5.41) is 0. The van der Waals surface area contributed by atoms with Crippen LogP contribution < -0.4 is 0 Å². The fourth-order valence-electron chi connectivity index (χ4n) is 0.999. The van der Waals surface area contributed by atoms with Gasteiger partial charge in [0.25, 0.3) is 0 Å². The molecule has 0 N–H and O–H groups in total. The van der Waals surface area contributed by atoms with Gasteiger partial charge in [0.2, 0.25) is 0 Å². The van der Waals surface area contributed by atoms with Gasteiger partial charge in [-0.05, 0) is 32.6 Å². The largest absolute Gasteiger partial charge is 0.0856 e. The highest BCUT2D eigenvalue weighted by Crippen LogP contribution is 2.15. The lowest BCUT2D eigenvalue weighted by Gasteiger charge is -2.05. The third kappa shape index (κ3) is 9.74. The third-order valence-electron chi connectivity index (χ3n) is 1.52. The van der Waals surface area contributed by atoms with Crippen LogP contribution in [0.25, 0.3) is 0 Å². The summed E-state index contributed by atoms with van der Waals surface area (Å²) >= 11 is 0. The van der Waals surface area contributed by atoms with E-state index in [0.29, 0.717) is 0 Å². The van der Waals surface area contributed by atoms with Crippen molar-refractivity contribution in [1.29, 1.82) is 0 Å². The van der Waals surface area contributed by atoms with E-state index in [0.717, 1.165) is 0 Å². The molecule has 0 nitrogen and oxygen atoms in total. The second kappa shape index (κ2) is 12.4. The Morgan fingerprint density at radius 2 is 1.55 bits per heavy atom. The summed E-state index contributed by atoms with van der Waals surface area (Å²) in [6.45, 7) is 10.2. The minimum Gasteiger partial charge on any atom is -0.0856 e. The lowest BCUT2D eigenvalue weighted by atomic mass is 10.0. The number of hydrogen-bond acceptors (Lipinski definition) is 0. The van der Waals surface area contributed by atoms with E-state index in [1.54, 1.807) is 5.57 Å². The highest BCUT2D eigenvalue weighted by atomic mass is 14.0. The number of allylic oxidation sites excluding steroid dienone is 2. The molecule has 0 radical (unpaired) electrons. The van der Waals surface area contributed by atoms with Crippen molar-refractivity contribution in [3.63, 3.8) is 0 Å². The van der Waals surface area contributed by atoms with Gasteiger partial charge >= 0.3 is 0 Å². The maximum Gasteiger partial charge on any atom is -0.0323 e. The molecule has 0 amide bonds. The van der Waals surface area contributed by atoms with Crippen molar-refractivity contribution in [2.24, 2.45) is 0 Å². The zero-order chi connectivity index (χ0) is 9.11. The second-order valence-electron chi connectivity index (χ2n) is 2.30. The van der Waals surface area contributed by atoms with Crippen molar-refractivity contribution in [2.75, 3.05) is 0 Å². The summed E-state index contributed by atoms with van der Waals surface area (Å²) < 4.78 is 0. The van der Waals surface area contributed by atoms with Crippen molar-refractivity contribution in [2.45, 2.75) is 60.3 Å². The molecule has 1 rings (SSSR count). The SMILES string of the molecule is CC.CC.CC1=CCCCC1. The number of hydrogen-bond donors (Lipinski definition) is 0. The molecule has 0 aromatic rings. The Balaban J connectivity index is 0. The molecule has 0 heterocycles. The van der Waals surface area contributed by atoms with Gasteiger partial charge in [-0.15, -0.1) is 0 Å². The molecular formula is C11H24. The zero-order valence-electron chi connectivity index (χ0n) is 8.91. The molecule has 0 saturated heterocycles. The van der Waals surface area contributed by atoms with Crippen LogP contribution in [0.3, 0.4) is 0 Å². The van der Waals surface area contributed by atoms with Crippen LogP contribution in [0, 0.1) is 0 Å². The Labute approximate surface area is 72.7 Å². The normalized spacial score (nSPS) is 14.8. The fourth-order valence-corrected chi connectivity index (χ4v) is 0.999. The molecule has 0 heteroatoms. The van der Waals surface area contributed by atoms with E-state index in [9.17, 15) is 0 Å². The van der Waals surface area contributed by atoms with Gasteiger partial charge in [0.1, 0.15) is 0 Å². The van der Waals surface area contributed by atoms with Crippen molar-refractivity contribution < 1.29 is 0 Å². The average Bonchev–Trinajstić information content (AvgIpc) is 2.13. The molecule has 0 aromatic carbocycles. The van der Waals surface area contributed by atoms with E-state index in [1.807, 2.05) is 27.7 Å². The molecule has 0 fully saturated rings. The smallest absolute Gasteiger partial charge is 0.0323 e. The van der Waals surface area contributed by atoms with Crippen LogP contribution in [0.2, 0.25) is 0 Å². The average molecular weight is 156 g/mol. The van der Waals surface area contributed by atoms with E-state index >= 15 is 0 Å². The summed E-state index contributed by atoms with van der Waals surface area (Å²) in [6.07, 6.45) is 7.86. The van der Waals surface area contributed by atoms with E-state index in [1.165, 1.54) is 25.7 Å². The predicted octanol–water partition coefficient (Wildman–Crippen LogP) is 4.56. The molecule has 11 heavy (non-hydrogen) atoms. The van der Waals surface area contributed by atoms with Crippen LogP contribution in [-0.4, -0.2) is 0 Å². The van der Waals surface area contributed by atoms with Crippen molar-refractivity contribution >= 4 is 0 Å². The van der Waals surface area contributed by atoms with E-state index in [2.05, 4.69) is 13.0 Å². The van der Waals surface area contributed by atoms with Gasteiger partial charge in [0.15, 0.2) is 0 Å². The lowest BCUT2D eigenvalue weighted by Crippen LogP contribution is -1.85. The fraction of sp³-hybridized carbons (Fsp3) is 0.818. The third-order valence-corrected chi connectivity index (χ3v) is 1.52. The van der Waals surface area contributed by atoms with Gasteiger partial charge in [0, 0.05) is 0 Å². The molecule has 0 atom stereocenters. The summed E-state index contributed by atoms with van der Waals surface area (Å²) in [5.41, 5.74) is 1.59.